The number of fused-ring (bicyclic) bond motifs is 2. The zero-order valence-electron chi connectivity index (χ0n) is 42.0. The van der Waals surface area contributed by atoms with Gasteiger partial charge in [0.25, 0.3) is 11.8 Å². The van der Waals surface area contributed by atoms with Gasteiger partial charge in [-0.05, 0) is 123 Å². The van der Waals surface area contributed by atoms with Crippen molar-refractivity contribution in [2.45, 2.75) is 119 Å². The Morgan fingerprint density at radius 1 is 0.622 bits per heavy atom. The van der Waals surface area contributed by atoms with Gasteiger partial charge in [0.2, 0.25) is 0 Å². The average Bonchev–Trinajstić information content (AvgIpc) is 3.33. The largest absolute Gasteiger partial charge is 1.00 e. The summed E-state index contributed by atoms with van der Waals surface area (Å²) in [6, 6.07) is 15.9. The second-order valence-corrected chi connectivity index (χ2v) is 20.1. The van der Waals surface area contributed by atoms with Crippen molar-refractivity contribution in [1.82, 2.24) is 31.1 Å². The summed E-state index contributed by atoms with van der Waals surface area (Å²) < 4.78 is 55.5. The smallest absolute Gasteiger partial charge is 1.00 e. The van der Waals surface area contributed by atoms with Crippen LogP contribution in [0.2, 0.25) is 0 Å². The summed E-state index contributed by atoms with van der Waals surface area (Å²) in [7, 11) is 0. The number of halogens is 4. The van der Waals surface area contributed by atoms with Crippen molar-refractivity contribution in [3.63, 3.8) is 0 Å². The van der Waals surface area contributed by atoms with Crippen LogP contribution in [0, 0.1) is 23.3 Å². The summed E-state index contributed by atoms with van der Waals surface area (Å²) in [4.78, 5) is 66.3. The number of nitrogens with one attached hydrogen (secondary N) is 6. The minimum Gasteiger partial charge on any atom is -1.00 e. The normalized spacial score (nSPS) is 22.7. The molecule has 16 nitrogen and oxygen atoms in total. The molecule has 74 heavy (non-hydrogen) atoms. The molecule has 4 fully saturated rings. The second-order valence-electron chi connectivity index (χ2n) is 20.1. The zero-order chi connectivity index (χ0) is 50.9. The van der Waals surface area contributed by atoms with E-state index in [1.165, 1.54) is 60.7 Å². The van der Waals surface area contributed by atoms with Crippen LogP contribution in [0.1, 0.15) is 120 Å². The molecule has 1 atom stereocenters. The van der Waals surface area contributed by atoms with Crippen LogP contribution in [0.4, 0.5) is 38.5 Å². The minimum absolute atomic E-state index is 0. The molecule has 2 saturated heterocycles. The number of nitrogens with zero attached hydrogens (tertiary/aromatic N) is 2. The van der Waals surface area contributed by atoms with Gasteiger partial charge in [0.05, 0.1) is 29.4 Å². The number of urea groups is 2. The van der Waals surface area contributed by atoms with Crippen LogP contribution in [-0.4, -0.2) is 125 Å². The minimum atomic E-state index is -0.767. The number of benzene rings is 4. The van der Waals surface area contributed by atoms with E-state index in [1.807, 2.05) is 0 Å². The van der Waals surface area contributed by atoms with Crippen LogP contribution >= 0.6 is 0 Å². The molecule has 10 rings (SSSR count). The number of Topliss-reactive ketones (excluding diaryl/α,β-unsaturated/α-hetero) is 1. The molecule has 6 amide bonds. The first-order chi connectivity index (χ1) is 34.4. The van der Waals surface area contributed by atoms with Crippen molar-refractivity contribution in [2.75, 3.05) is 36.8 Å². The predicted octanol–water partition coefficient (Wildman–Crippen LogP) is 2.51. The van der Waals surface area contributed by atoms with Gasteiger partial charge in [0.15, 0.2) is 5.78 Å². The maximum Gasteiger partial charge on any atom is 1.00 e. The van der Waals surface area contributed by atoms with E-state index >= 15 is 0 Å². The summed E-state index contributed by atoms with van der Waals surface area (Å²) in [6.07, 6.45) is 3.29. The molecule has 0 bridgehead atoms. The number of rotatable bonds is 8. The van der Waals surface area contributed by atoms with E-state index in [2.05, 4.69) is 31.9 Å². The van der Waals surface area contributed by atoms with Crippen LogP contribution in [0.25, 0.3) is 0 Å². The molecular formula is C52H59BF4N8NaO8. The molecule has 0 aromatic heterocycles. The molecule has 6 aliphatic rings. The predicted molar refractivity (Wildman–Crippen MR) is 263 cm³/mol. The first-order valence-corrected chi connectivity index (χ1v) is 24.4. The van der Waals surface area contributed by atoms with Gasteiger partial charge >= 0.3 is 41.6 Å². The third kappa shape index (κ3) is 12.9. The Balaban J connectivity index is 0.000000234. The van der Waals surface area contributed by atoms with Gasteiger partial charge in [0.1, 0.15) is 23.3 Å². The summed E-state index contributed by atoms with van der Waals surface area (Å²) in [5.41, 5.74) is 2.41. The van der Waals surface area contributed by atoms with Crippen molar-refractivity contribution < 1.29 is 87.8 Å². The van der Waals surface area contributed by atoms with Crippen molar-refractivity contribution in [2.24, 2.45) is 0 Å². The molecule has 3 radical (unpaired) electrons. The molecule has 1 unspecified atom stereocenters. The Morgan fingerprint density at radius 2 is 1.07 bits per heavy atom. The maximum atomic E-state index is 14.2. The van der Waals surface area contributed by atoms with Gasteiger partial charge in [-0.1, -0.05) is 12.1 Å². The van der Waals surface area contributed by atoms with Crippen LogP contribution in [0.15, 0.2) is 72.8 Å². The number of carbonyl (C=O) groups excluding carboxylic acids is 5. The SMILES string of the molecule is O=C(NC1CC(O)C1)c1cc(CNC(=O)N2CCC3(CC2)CC(=O)c2cc(F)ccc2N3)ccc1F.O=C(NC1CC(O)C1)c1cc(CNC(=O)N2CCC3(CC2)CC(O)c2cc(F)ccc2N3)ccc1F.[B].[H-].[Na+]. The molecule has 2 saturated carbocycles. The number of piperidine rings is 2. The monoisotopic (exact) mass is 1030 g/mol. The standard InChI is InChI=1S/C26H30F2N4O4.C26H28F2N4O4.B.Na.H/c2*27-16-2-4-22-20(10-16)23(34)13-26(31-22)5-7-32(8-6-26)25(36)29-14-15-1-3-21(28)19(9-15)24(35)30-17-11-18(33)12-17;;;/h1-4,9-10,17-18,23,31,33-34H,5-8,11-14H2,(H,29,36)(H,30,35);1-4,9-10,17-18,31,33H,5-8,11-14H2,(H,29,36)(H,30,35);;;/q;;;+1;-1. The van der Waals surface area contributed by atoms with Gasteiger partial charge in [-0.25, -0.2) is 27.2 Å². The number of aliphatic hydroxyl groups is 3. The number of hydrogen-bond acceptors (Lipinski definition) is 10. The number of carbonyl (C=O) groups is 5. The molecule has 387 valence electrons. The van der Waals surface area contributed by atoms with Gasteiger partial charge < -0.3 is 58.4 Å². The summed E-state index contributed by atoms with van der Waals surface area (Å²) in [6.45, 7) is 2.09. The van der Waals surface area contributed by atoms with Crippen LogP contribution in [0.3, 0.4) is 0 Å². The zero-order valence-corrected chi connectivity index (χ0v) is 43.0. The van der Waals surface area contributed by atoms with Crippen molar-refractivity contribution >= 4 is 49.4 Å². The fourth-order valence-corrected chi connectivity index (χ4v) is 10.5. The van der Waals surface area contributed by atoms with E-state index in [-0.39, 0.29) is 111 Å². The second kappa shape index (κ2) is 23.5. The van der Waals surface area contributed by atoms with Crippen molar-refractivity contribution in [1.29, 1.82) is 0 Å². The molecule has 2 aliphatic carbocycles. The van der Waals surface area contributed by atoms with E-state index in [1.54, 1.807) is 21.9 Å². The Hall–Kier alpha value is -5.71. The fraction of sp³-hybridized carbons (Fsp3) is 0.442. The van der Waals surface area contributed by atoms with E-state index in [0.29, 0.717) is 112 Å². The van der Waals surface area contributed by atoms with Gasteiger partial charge in [0, 0.05) is 106 Å². The first-order valence-electron chi connectivity index (χ1n) is 24.4. The third-order valence-corrected chi connectivity index (χ3v) is 14.9. The number of anilines is 2. The third-order valence-electron chi connectivity index (χ3n) is 14.9. The van der Waals surface area contributed by atoms with Crippen LogP contribution in [-0.2, 0) is 13.1 Å². The van der Waals surface area contributed by atoms with Gasteiger partial charge in [-0.3, -0.25) is 14.4 Å². The van der Waals surface area contributed by atoms with E-state index in [4.69, 9.17) is 0 Å². The maximum absolute atomic E-state index is 14.2. The molecule has 4 aliphatic heterocycles. The molecule has 2 spiro atoms. The molecular weight excluding hydrogens is 974 g/mol. The average molecular weight is 1030 g/mol. The Morgan fingerprint density at radius 3 is 1.55 bits per heavy atom. The molecule has 4 aromatic rings. The van der Waals surface area contributed by atoms with Crippen molar-refractivity contribution in [3.8, 4) is 0 Å². The van der Waals surface area contributed by atoms with E-state index in [0.717, 1.165) is 5.69 Å². The number of amides is 6. The van der Waals surface area contributed by atoms with Gasteiger partial charge in [-0.15, -0.1) is 0 Å². The summed E-state index contributed by atoms with van der Waals surface area (Å²) in [5.74, 6) is -3.31. The first kappa shape index (κ1) is 56.0. The number of likely N-dealkylation sites (tertiary alicyclic amines) is 2. The van der Waals surface area contributed by atoms with Crippen molar-refractivity contribution in [3.05, 3.63) is 129 Å². The van der Waals surface area contributed by atoms with Gasteiger partial charge in [-0.2, -0.15) is 0 Å². The summed E-state index contributed by atoms with van der Waals surface area (Å²) >= 11 is 0. The molecule has 4 heterocycles. The topological polar surface area (TPSA) is 225 Å². The fourth-order valence-electron chi connectivity index (χ4n) is 10.5. The summed E-state index contributed by atoms with van der Waals surface area (Å²) in [5, 5.41) is 47.2. The quantitative estimate of drug-likeness (QED) is 0.0927. The Kier molecular flexibility index (Phi) is 17.8. The Labute approximate surface area is 451 Å². The van der Waals surface area contributed by atoms with Crippen LogP contribution in [0.5, 0.6) is 0 Å². The molecule has 9 N–H and O–H groups in total. The molecule has 4 aromatic carbocycles. The number of aliphatic hydroxyl groups excluding tert-OH is 3. The van der Waals surface area contributed by atoms with E-state index in [9.17, 15) is 56.9 Å². The number of hydrogen-bond donors (Lipinski definition) is 9. The van der Waals surface area contributed by atoms with E-state index < -0.39 is 53.1 Å². The van der Waals surface area contributed by atoms with Crippen LogP contribution < -0.4 is 61.5 Å². The Bertz CT molecular complexity index is 2760. The number of ketones is 1. The molecule has 22 heteroatoms.